The lowest BCUT2D eigenvalue weighted by atomic mass is 10.1. The van der Waals surface area contributed by atoms with E-state index < -0.39 is 5.97 Å². The molecule has 7 nitrogen and oxygen atoms in total. The number of esters is 1. The van der Waals surface area contributed by atoms with E-state index in [-0.39, 0.29) is 37.0 Å². The van der Waals surface area contributed by atoms with E-state index in [9.17, 15) is 14.4 Å². The summed E-state index contributed by atoms with van der Waals surface area (Å²) in [5.74, 6) is -0.830. The van der Waals surface area contributed by atoms with Gasteiger partial charge in [-0.1, -0.05) is 12.1 Å². The molecule has 1 N–H and O–H groups in total. The van der Waals surface area contributed by atoms with Gasteiger partial charge in [0.15, 0.2) is 6.61 Å². The SMILES string of the molecule is CC(=O)Nc1ccc(CC(=O)OCC(=O)N2C[C@@H](C)O[C@H](C)C2)cc1. The Bertz CT molecular complexity index is 619. The third-order valence-electron chi connectivity index (χ3n) is 3.75. The average Bonchev–Trinajstić information content (AvgIpc) is 2.53. The van der Waals surface area contributed by atoms with Gasteiger partial charge in [-0.2, -0.15) is 0 Å². The summed E-state index contributed by atoms with van der Waals surface area (Å²) in [5.41, 5.74) is 1.41. The van der Waals surface area contributed by atoms with Crippen LogP contribution in [-0.4, -0.2) is 54.6 Å². The summed E-state index contributed by atoms with van der Waals surface area (Å²) < 4.78 is 10.7. The Labute approximate surface area is 147 Å². The minimum atomic E-state index is -0.463. The summed E-state index contributed by atoms with van der Waals surface area (Å²) in [6, 6.07) is 6.90. The fourth-order valence-corrected chi connectivity index (χ4v) is 2.74. The van der Waals surface area contributed by atoms with Crippen molar-refractivity contribution < 1.29 is 23.9 Å². The number of amides is 2. The Morgan fingerprint density at radius 2 is 1.76 bits per heavy atom. The number of carbonyl (C=O) groups excluding carboxylic acids is 3. The van der Waals surface area contributed by atoms with Gasteiger partial charge in [-0.3, -0.25) is 14.4 Å². The molecule has 1 aromatic carbocycles. The van der Waals surface area contributed by atoms with Crippen LogP contribution in [0.1, 0.15) is 26.3 Å². The molecule has 0 spiro atoms. The highest BCUT2D eigenvalue weighted by Gasteiger charge is 2.26. The zero-order chi connectivity index (χ0) is 18.4. The molecule has 2 amide bonds. The molecular weight excluding hydrogens is 324 g/mol. The van der Waals surface area contributed by atoms with E-state index in [1.807, 2.05) is 13.8 Å². The molecule has 0 radical (unpaired) electrons. The summed E-state index contributed by atoms with van der Waals surface area (Å²) in [6.07, 6.45) is 0.0276. The van der Waals surface area contributed by atoms with Gasteiger partial charge in [-0.05, 0) is 31.5 Å². The molecule has 1 aliphatic rings. The van der Waals surface area contributed by atoms with Crippen LogP contribution in [0, 0.1) is 0 Å². The highest BCUT2D eigenvalue weighted by molar-refractivity contribution is 5.88. The van der Waals surface area contributed by atoms with Gasteiger partial charge in [0.25, 0.3) is 5.91 Å². The van der Waals surface area contributed by atoms with Gasteiger partial charge in [0, 0.05) is 25.7 Å². The van der Waals surface area contributed by atoms with Crippen molar-refractivity contribution in [1.82, 2.24) is 4.90 Å². The molecular formula is C18H24N2O5. The van der Waals surface area contributed by atoms with Crippen molar-refractivity contribution in [2.75, 3.05) is 25.0 Å². The second-order valence-electron chi connectivity index (χ2n) is 6.27. The molecule has 1 saturated heterocycles. The van der Waals surface area contributed by atoms with Crippen molar-refractivity contribution in [3.8, 4) is 0 Å². The topological polar surface area (TPSA) is 84.9 Å². The summed E-state index contributed by atoms with van der Waals surface area (Å²) in [5, 5.41) is 2.65. The van der Waals surface area contributed by atoms with E-state index in [0.717, 1.165) is 5.56 Å². The van der Waals surface area contributed by atoms with Crippen molar-refractivity contribution in [2.24, 2.45) is 0 Å². The minimum absolute atomic E-state index is 0.0227. The zero-order valence-electron chi connectivity index (χ0n) is 14.8. The predicted molar refractivity (Wildman–Crippen MR) is 92.0 cm³/mol. The number of carbonyl (C=O) groups is 3. The number of anilines is 1. The maximum Gasteiger partial charge on any atom is 0.310 e. The highest BCUT2D eigenvalue weighted by atomic mass is 16.5. The Morgan fingerprint density at radius 1 is 1.16 bits per heavy atom. The Morgan fingerprint density at radius 3 is 2.32 bits per heavy atom. The second-order valence-corrected chi connectivity index (χ2v) is 6.27. The molecule has 0 unspecified atom stereocenters. The lowest BCUT2D eigenvalue weighted by Crippen LogP contribution is -2.49. The van der Waals surface area contributed by atoms with Gasteiger partial charge in [0.2, 0.25) is 5.91 Å². The van der Waals surface area contributed by atoms with Crippen LogP contribution in [0.5, 0.6) is 0 Å². The molecule has 0 bridgehead atoms. The van der Waals surface area contributed by atoms with Crippen LogP contribution in [0.4, 0.5) is 5.69 Å². The third-order valence-corrected chi connectivity index (χ3v) is 3.75. The monoisotopic (exact) mass is 348 g/mol. The first-order valence-electron chi connectivity index (χ1n) is 8.29. The first-order valence-corrected chi connectivity index (χ1v) is 8.29. The second kappa shape index (κ2) is 8.62. The number of hydrogen-bond donors (Lipinski definition) is 1. The van der Waals surface area contributed by atoms with Crippen LogP contribution in [0.3, 0.4) is 0 Å². The van der Waals surface area contributed by atoms with E-state index in [0.29, 0.717) is 18.8 Å². The number of hydrogen-bond acceptors (Lipinski definition) is 5. The normalized spacial score (nSPS) is 20.0. The first-order chi connectivity index (χ1) is 11.8. The average molecular weight is 348 g/mol. The molecule has 0 aliphatic carbocycles. The van der Waals surface area contributed by atoms with Crippen LogP contribution in [0.25, 0.3) is 0 Å². The number of benzene rings is 1. The first kappa shape index (κ1) is 18.9. The van der Waals surface area contributed by atoms with Crippen LogP contribution in [0.2, 0.25) is 0 Å². The molecule has 0 saturated carbocycles. The van der Waals surface area contributed by atoms with E-state index in [4.69, 9.17) is 9.47 Å². The number of nitrogens with one attached hydrogen (secondary N) is 1. The fraction of sp³-hybridized carbons (Fsp3) is 0.500. The standard InChI is InChI=1S/C18H24N2O5/c1-12-9-20(10-13(2)25-12)17(22)11-24-18(23)8-15-4-6-16(7-5-15)19-14(3)21/h4-7,12-13H,8-11H2,1-3H3,(H,19,21)/t12-,13-/m1/s1. The minimum Gasteiger partial charge on any atom is -0.455 e. The van der Waals surface area contributed by atoms with Gasteiger partial charge < -0.3 is 19.7 Å². The predicted octanol–water partition coefficient (Wildman–Crippen LogP) is 1.37. The Hall–Kier alpha value is -2.41. The smallest absolute Gasteiger partial charge is 0.310 e. The third kappa shape index (κ3) is 6.19. The molecule has 2 rings (SSSR count). The molecule has 7 heteroatoms. The Balaban J connectivity index is 1.78. The summed E-state index contributed by atoms with van der Waals surface area (Å²) in [4.78, 5) is 36.7. The summed E-state index contributed by atoms with van der Waals surface area (Å²) >= 11 is 0. The molecule has 1 fully saturated rings. The van der Waals surface area contributed by atoms with Gasteiger partial charge in [0.05, 0.1) is 18.6 Å². The molecule has 1 heterocycles. The largest absolute Gasteiger partial charge is 0.455 e. The summed E-state index contributed by atoms with van der Waals surface area (Å²) in [6.45, 7) is 6.00. The molecule has 25 heavy (non-hydrogen) atoms. The fourth-order valence-electron chi connectivity index (χ4n) is 2.74. The number of morpholine rings is 1. The highest BCUT2D eigenvalue weighted by Crippen LogP contribution is 2.12. The number of nitrogens with zero attached hydrogens (tertiary/aromatic N) is 1. The number of ether oxygens (including phenoxy) is 2. The van der Waals surface area contributed by atoms with Gasteiger partial charge in [-0.15, -0.1) is 0 Å². The molecule has 0 aromatic heterocycles. The zero-order valence-corrected chi connectivity index (χ0v) is 14.8. The van der Waals surface area contributed by atoms with Crippen molar-refractivity contribution in [3.63, 3.8) is 0 Å². The maximum absolute atomic E-state index is 12.1. The quantitative estimate of drug-likeness (QED) is 0.813. The van der Waals surface area contributed by atoms with Gasteiger partial charge in [0.1, 0.15) is 0 Å². The lowest BCUT2D eigenvalue weighted by Gasteiger charge is -2.35. The van der Waals surface area contributed by atoms with Crippen molar-refractivity contribution in [2.45, 2.75) is 39.4 Å². The van der Waals surface area contributed by atoms with E-state index in [2.05, 4.69) is 5.32 Å². The molecule has 136 valence electrons. The van der Waals surface area contributed by atoms with Crippen molar-refractivity contribution in [1.29, 1.82) is 0 Å². The van der Waals surface area contributed by atoms with E-state index in [1.165, 1.54) is 6.92 Å². The molecule has 1 aromatic rings. The van der Waals surface area contributed by atoms with Crippen molar-refractivity contribution >= 4 is 23.5 Å². The lowest BCUT2D eigenvalue weighted by molar-refractivity contribution is -0.156. The molecule has 2 atom stereocenters. The van der Waals surface area contributed by atoms with Gasteiger partial charge >= 0.3 is 5.97 Å². The maximum atomic E-state index is 12.1. The Kier molecular flexibility index (Phi) is 6.52. The van der Waals surface area contributed by atoms with Crippen LogP contribution >= 0.6 is 0 Å². The number of rotatable bonds is 5. The van der Waals surface area contributed by atoms with Gasteiger partial charge in [-0.25, -0.2) is 0 Å². The van der Waals surface area contributed by atoms with Crippen molar-refractivity contribution in [3.05, 3.63) is 29.8 Å². The van der Waals surface area contributed by atoms with Crippen LogP contribution < -0.4 is 5.32 Å². The molecule has 1 aliphatic heterocycles. The summed E-state index contributed by atoms with van der Waals surface area (Å²) in [7, 11) is 0. The van der Waals surface area contributed by atoms with E-state index in [1.54, 1.807) is 29.2 Å². The van der Waals surface area contributed by atoms with Crippen LogP contribution in [0.15, 0.2) is 24.3 Å². The van der Waals surface area contributed by atoms with Crippen LogP contribution in [-0.2, 0) is 30.3 Å². The van der Waals surface area contributed by atoms with E-state index >= 15 is 0 Å².